The number of carbonyl (C=O) groups is 2. The molecule has 0 radical (unpaired) electrons. The molecule has 7 heteroatoms. The summed E-state index contributed by atoms with van der Waals surface area (Å²) in [5.41, 5.74) is 1.03. The highest BCUT2D eigenvalue weighted by molar-refractivity contribution is 8.09. The van der Waals surface area contributed by atoms with Gasteiger partial charge in [-0.05, 0) is 24.7 Å². The molecule has 0 aliphatic rings. The number of thiol groups is 2. The summed E-state index contributed by atoms with van der Waals surface area (Å²) in [7, 11) is 0. The molecule has 0 fully saturated rings. The lowest BCUT2D eigenvalue weighted by atomic mass is 9.99. The van der Waals surface area contributed by atoms with E-state index in [0.717, 1.165) is 5.56 Å². The fourth-order valence-corrected chi connectivity index (χ4v) is 2.84. The summed E-state index contributed by atoms with van der Waals surface area (Å²) in [6, 6.07) is 8.68. The smallest absolute Gasteiger partial charge is 0.326 e. The minimum absolute atomic E-state index is 0. The van der Waals surface area contributed by atoms with E-state index in [0.29, 0.717) is 12.2 Å². The highest BCUT2D eigenvalue weighted by Gasteiger charge is 2.26. The number of thioether (sulfide) groups is 1. The molecule has 130 valence electrons. The molecule has 0 saturated heterocycles. The number of benzene rings is 1. The SMILES string of the molecule is C.CSC(S)CC(NC(=O)C(CS)Cc1ccccc1)C(=O)O. The van der Waals surface area contributed by atoms with Crippen LogP contribution in [0.5, 0.6) is 0 Å². The normalized spacial score (nSPS) is 14.2. The van der Waals surface area contributed by atoms with Gasteiger partial charge >= 0.3 is 5.97 Å². The Balaban J connectivity index is 0.00000484. The van der Waals surface area contributed by atoms with Gasteiger partial charge < -0.3 is 10.4 Å². The van der Waals surface area contributed by atoms with Crippen LogP contribution in [-0.4, -0.2) is 39.6 Å². The fourth-order valence-electron chi connectivity index (χ4n) is 1.95. The largest absolute Gasteiger partial charge is 0.480 e. The number of hydrogen-bond donors (Lipinski definition) is 4. The van der Waals surface area contributed by atoms with Gasteiger partial charge in [0.1, 0.15) is 6.04 Å². The Kier molecular flexibility index (Phi) is 11.3. The van der Waals surface area contributed by atoms with Crippen molar-refractivity contribution in [1.82, 2.24) is 5.32 Å². The number of carboxylic acid groups (broad SMARTS) is 1. The second kappa shape index (κ2) is 11.7. The van der Waals surface area contributed by atoms with E-state index < -0.39 is 12.0 Å². The molecular formula is C16H25NO3S3. The third-order valence-corrected chi connectivity index (χ3v) is 5.26. The summed E-state index contributed by atoms with van der Waals surface area (Å²) >= 11 is 9.94. The molecule has 1 amide bonds. The minimum Gasteiger partial charge on any atom is -0.480 e. The minimum atomic E-state index is -1.04. The monoisotopic (exact) mass is 375 g/mol. The van der Waals surface area contributed by atoms with Crippen molar-refractivity contribution in [1.29, 1.82) is 0 Å². The van der Waals surface area contributed by atoms with E-state index in [4.69, 9.17) is 0 Å². The van der Waals surface area contributed by atoms with Crippen LogP contribution in [0.25, 0.3) is 0 Å². The van der Waals surface area contributed by atoms with Crippen molar-refractivity contribution >= 4 is 48.9 Å². The number of aliphatic carboxylic acids is 1. The van der Waals surface area contributed by atoms with E-state index >= 15 is 0 Å². The Morgan fingerprint density at radius 3 is 2.39 bits per heavy atom. The molecule has 0 aromatic heterocycles. The maximum Gasteiger partial charge on any atom is 0.326 e. The molecule has 1 aromatic rings. The molecule has 0 heterocycles. The summed E-state index contributed by atoms with van der Waals surface area (Å²) in [5, 5.41) is 11.8. The summed E-state index contributed by atoms with van der Waals surface area (Å²) in [6.07, 6.45) is 2.66. The van der Waals surface area contributed by atoms with Gasteiger partial charge in [0.25, 0.3) is 0 Å². The van der Waals surface area contributed by atoms with Gasteiger partial charge in [-0.2, -0.15) is 37.0 Å². The Hall–Kier alpha value is -0.790. The predicted molar refractivity (Wildman–Crippen MR) is 105 cm³/mol. The third kappa shape index (κ3) is 8.04. The van der Waals surface area contributed by atoms with Crippen LogP contribution in [0.3, 0.4) is 0 Å². The van der Waals surface area contributed by atoms with Crippen molar-refractivity contribution in [3.05, 3.63) is 35.9 Å². The molecule has 0 aliphatic heterocycles. The van der Waals surface area contributed by atoms with Crippen molar-refractivity contribution in [2.45, 2.75) is 30.9 Å². The van der Waals surface area contributed by atoms with Gasteiger partial charge in [0.15, 0.2) is 0 Å². The number of carbonyl (C=O) groups excluding carboxylic acids is 1. The van der Waals surface area contributed by atoms with Gasteiger partial charge in [0.05, 0.1) is 5.92 Å². The molecule has 2 N–H and O–H groups in total. The molecule has 1 aromatic carbocycles. The lowest BCUT2D eigenvalue weighted by Crippen LogP contribution is -2.45. The highest BCUT2D eigenvalue weighted by Crippen LogP contribution is 2.18. The molecule has 23 heavy (non-hydrogen) atoms. The summed E-state index contributed by atoms with van der Waals surface area (Å²) in [4.78, 5) is 23.6. The van der Waals surface area contributed by atoms with E-state index in [-0.39, 0.29) is 30.3 Å². The number of hydrogen-bond acceptors (Lipinski definition) is 5. The van der Waals surface area contributed by atoms with Crippen molar-refractivity contribution in [2.24, 2.45) is 5.92 Å². The van der Waals surface area contributed by atoms with Crippen LogP contribution >= 0.6 is 37.0 Å². The molecule has 0 aliphatic carbocycles. The second-order valence-corrected chi connectivity index (χ2v) is 7.27. The zero-order valence-electron chi connectivity index (χ0n) is 12.3. The summed E-state index contributed by atoms with van der Waals surface area (Å²) < 4.78 is -0.134. The van der Waals surface area contributed by atoms with Crippen LogP contribution in [0, 0.1) is 5.92 Å². The Labute approximate surface area is 153 Å². The summed E-state index contributed by atoms with van der Waals surface area (Å²) in [5.74, 6) is -1.33. The Bertz CT molecular complexity index is 485. The lowest BCUT2D eigenvalue weighted by molar-refractivity contribution is -0.142. The van der Waals surface area contributed by atoms with Crippen LogP contribution in [0.1, 0.15) is 19.4 Å². The molecular weight excluding hydrogens is 350 g/mol. The van der Waals surface area contributed by atoms with Gasteiger partial charge in [-0.25, -0.2) is 4.79 Å². The first kappa shape index (κ1) is 22.2. The first-order chi connectivity index (χ1) is 10.5. The maximum atomic E-state index is 12.3. The lowest BCUT2D eigenvalue weighted by Gasteiger charge is -2.21. The third-order valence-electron chi connectivity index (χ3n) is 3.24. The number of nitrogens with one attached hydrogen (secondary N) is 1. The van der Waals surface area contributed by atoms with E-state index in [1.165, 1.54) is 11.8 Å². The average Bonchev–Trinajstić information content (AvgIpc) is 2.52. The van der Waals surface area contributed by atoms with E-state index in [1.807, 2.05) is 36.6 Å². The van der Waals surface area contributed by atoms with Crippen LogP contribution in [0.15, 0.2) is 30.3 Å². The number of rotatable bonds is 9. The van der Waals surface area contributed by atoms with Crippen LogP contribution in [0.4, 0.5) is 0 Å². The average molecular weight is 376 g/mol. The molecule has 3 unspecified atom stereocenters. The standard InChI is InChI=1S/C15H21NO3S3.CH4/c1-22-13(21)8-12(15(18)19)16-14(17)11(9-20)7-10-5-3-2-4-6-10;/h2-6,11-13,20-21H,7-9H2,1H3,(H,16,17)(H,18,19);1H4. The predicted octanol–water partition coefficient (Wildman–Crippen LogP) is 2.99. The van der Waals surface area contributed by atoms with Crippen LogP contribution in [0.2, 0.25) is 0 Å². The topological polar surface area (TPSA) is 66.4 Å². The van der Waals surface area contributed by atoms with Gasteiger partial charge in [-0.1, -0.05) is 37.8 Å². The molecule has 4 nitrogen and oxygen atoms in total. The van der Waals surface area contributed by atoms with Crippen molar-refractivity contribution in [3.63, 3.8) is 0 Å². The second-order valence-electron chi connectivity index (χ2n) is 4.89. The fraction of sp³-hybridized carbons (Fsp3) is 0.500. The molecule has 0 saturated carbocycles. The molecule has 3 atom stereocenters. The number of carboxylic acids is 1. The Morgan fingerprint density at radius 2 is 1.91 bits per heavy atom. The zero-order valence-corrected chi connectivity index (χ0v) is 14.9. The summed E-state index contributed by atoms with van der Waals surface area (Å²) in [6.45, 7) is 0. The quantitative estimate of drug-likeness (QED) is 0.396. The van der Waals surface area contributed by atoms with Crippen molar-refractivity contribution in [3.8, 4) is 0 Å². The van der Waals surface area contributed by atoms with Crippen molar-refractivity contribution in [2.75, 3.05) is 12.0 Å². The zero-order chi connectivity index (χ0) is 16.5. The van der Waals surface area contributed by atoms with Gasteiger partial charge in [0, 0.05) is 10.3 Å². The van der Waals surface area contributed by atoms with Gasteiger partial charge in [0.2, 0.25) is 5.91 Å². The van der Waals surface area contributed by atoms with E-state index in [2.05, 4.69) is 30.6 Å². The van der Waals surface area contributed by atoms with E-state index in [1.54, 1.807) is 0 Å². The van der Waals surface area contributed by atoms with Crippen LogP contribution in [-0.2, 0) is 16.0 Å². The molecule has 0 spiro atoms. The number of amides is 1. The van der Waals surface area contributed by atoms with Gasteiger partial charge in [-0.3, -0.25) is 4.79 Å². The van der Waals surface area contributed by atoms with E-state index in [9.17, 15) is 14.7 Å². The Morgan fingerprint density at radius 1 is 1.30 bits per heavy atom. The highest BCUT2D eigenvalue weighted by atomic mass is 32.2. The first-order valence-electron chi connectivity index (χ1n) is 6.86. The maximum absolute atomic E-state index is 12.3. The van der Waals surface area contributed by atoms with Gasteiger partial charge in [-0.15, -0.1) is 0 Å². The molecule has 1 rings (SSSR count). The van der Waals surface area contributed by atoms with Crippen LogP contribution < -0.4 is 5.32 Å². The molecule has 0 bridgehead atoms. The van der Waals surface area contributed by atoms with Crippen molar-refractivity contribution < 1.29 is 14.7 Å². The first-order valence-corrected chi connectivity index (χ1v) is 9.30.